The molecule has 3 N–H and O–H groups in total. The number of fused-ring (bicyclic) bond motifs is 2. The standard InChI is InChI=1S/C30H31N7S/c1-8-19(14-20(9-2)32-18(4)30(5,6)7)22-11-12-23-27(33-22)28(37-36-23)29-34-24-16-31-15-21(26(24)35-29)25-13-10-17(3)38-25/h8-16,32H,2,4H2,1,3,5-7H3,(H,34,35)(H,36,37)/b19-8+,20-14+. The van der Waals surface area contributed by atoms with Crippen LogP contribution in [0.1, 0.15) is 38.3 Å². The number of nitrogens with zero attached hydrogens (tertiary/aromatic N) is 4. The normalized spacial score (nSPS) is 12.9. The molecule has 8 heteroatoms. The van der Waals surface area contributed by atoms with E-state index in [-0.39, 0.29) is 5.41 Å². The monoisotopic (exact) mass is 521 g/mol. The molecule has 0 aliphatic carbocycles. The average molecular weight is 522 g/mol. The molecule has 0 amide bonds. The molecule has 5 aromatic rings. The number of hydrogen-bond acceptors (Lipinski definition) is 6. The van der Waals surface area contributed by atoms with Crippen molar-refractivity contribution >= 4 is 39.0 Å². The lowest BCUT2D eigenvalue weighted by Gasteiger charge is -2.23. The van der Waals surface area contributed by atoms with Crippen LogP contribution in [-0.4, -0.2) is 30.1 Å². The number of aromatic nitrogens is 6. The van der Waals surface area contributed by atoms with Gasteiger partial charge in [0, 0.05) is 38.3 Å². The molecule has 0 radical (unpaired) electrons. The van der Waals surface area contributed by atoms with Crippen LogP contribution < -0.4 is 5.32 Å². The molecule has 5 rings (SSSR count). The summed E-state index contributed by atoms with van der Waals surface area (Å²) >= 11 is 1.73. The van der Waals surface area contributed by atoms with Crippen molar-refractivity contribution in [1.29, 1.82) is 0 Å². The van der Waals surface area contributed by atoms with Crippen molar-refractivity contribution in [1.82, 2.24) is 35.5 Å². The van der Waals surface area contributed by atoms with Crippen LogP contribution in [0.15, 0.2) is 79.4 Å². The van der Waals surface area contributed by atoms with Crippen LogP contribution in [0.4, 0.5) is 0 Å². The minimum atomic E-state index is -0.0780. The van der Waals surface area contributed by atoms with Gasteiger partial charge in [-0.1, -0.05) is 40.0 Å². The molecule has 7 nitrogen and oxygen atoms in total. The van der Waals surface area contributed by atoms with Crippen LogP contribution in [0.2, 0.25) is 0 Å². The van der Waals surface area contributed by atoms with Gasteiger partial charge in [0.05, 0.1) is 22.9 Å². The van der Waals surface area contributed by atoms with Crippen molar-refractivity contribution in [3.8, 4) is 22.0 Å². The lowest BCUT2D eigenvalue weighted by Crippen LogP contribution is -2.22. The van der Waals surface area contributed by atoms with Crippen LogP contribution in [0.5, 0.6) is 0 Å². The third-order valence-corrected chi connectivity index (χ3v) is 7.40. The second kappa shape index (κ2) is 9.87. The second-order valence-corrected chi connectivity index (χ2v) is 11.4. The Labute approximate surface area is 226 Å². The summed E-state index contributed by atoms with van der Waals surface area (Å²) in [6.45, 7) is 18.6. The largest absolute Gasteiger partial charge is 0.359 e. The minimum Gasteiger partial charge on any atom is -0.359 e. The van der Waals surface area contributed by atoms with Crippen LogP contribution in [0.3, 0.4) is 0 Å². The van der Waals surface area contributed by atoms with Crippen molar-refractivity contribution in [3.05, 3.63) is 90.0 Å². The Kier molecular flexibility index (Phi) is 6.59. The maximum atomic E-state index is 4.99. The number of hydrogen-bond donors (Lipinski definition) is 3. The minimum absolute atomic E-state index is 0.0780. The van der Waals surface area contributed by atoms with E-state index in [2.05, 4.69) is 78.5 Å². The lowest BCUT2D eigenvalue weighted by atomic mass is 9.92. The van der Waals surface area contributed by atoms with Crippen molar-refractivity contribution in [2.75, 3.05) is 0 Å². The number of H-pyrrole nitrogens is 2. The number of aryl methyl sites for hydroxylation is 1. The highest BCUT2D eigenvalue weighted by Gasteiger charge is 2.18. The fraction of sp³-hybridized carbons (Fsp3) is 0.200. The molecular weight excluding hydrogens is 490 g/mol. The zero-order chi connectivity index (χ0) is 27.0. The first-order chi connectivity index (χ1) is 18.2. The Balaban J connectivity index is 1.55. The van der Waals surface area contributed by atoms with Gasteiger partial charge in [0.15, 0.2) is 11.5 Å². The van der Waals surface area contributed by atoms with E-state index in [1.165, 1.54) is 4.88 Å². The predicted octanol–water partition coefficient (Wildman–Crippen LogP) is 7.56. The van der Waals surface area contributed by atoms with Crippen molar-refractivity contribution < 1.29 is 0 Å². The number of pyridine rings is 2. The summed E-state index contributed by atoms with van der Waals surface area (Å²) in [6.07, 6.45) is 9.50. The summed E-state index contributed by atoms with van der Waals surface area (Å²) in [4.78, 5) is 20.1. The molecule has 0 atom stereocenters. The number of rotatable bonds is 7. The van der Waals surface area contributed by atoms with E-state index in [1.54, 1.807) is 23.6 Å². The van der Waals surface area contributed by atoms with Gasteiger partial charge in [-0.15, -0.1) is 11.3 Å². The predicted molar refractivity (Wildman–Crippen MR) is 158 cm³/mol. The SMILES string of the molecule is C=C/C(=C\C(=C/C)c1ccc2[nH]nc(-c3nc4c(-c5ccc(C)s5)cncc4[nH]3)c2n1)NC(=C)C(C)(C)C. The van der Waals surface area contributed by atoms with E-state index in [1.807, 2.05) is 37.4 Å². The van der Waals surface area contributed by atoms with Gasteiger partial charge in [-0.3, -0.25) is 10.1 Å². The topological polar surface area (TPSA) is 95.2 Å². The number of allylic oxidation sites excluding steroid dienone is 5. The van der Waals surface area contributed by atoms with Gasteiger partial charge < -0.3 is 10.3 Å². The van der Waals surface area contributed by atoms with Gasteiger partial charge in [-0.2, -0.15) is 5.10 Å². The fourth-order valence-corrected chi connectivity index (χ4v) is 4.89. The molecule has 0 aliphatic rings. The third-order valence-electron chi connectivity index (χ3n) is 6.37. The maximum Gasteiger partial charge on any atom is 0.161 e. The molecule has 5 aromatic heterocycles. The van der Waals surface area contributed by atoms with Gasteiger partial charge in [0.1, 0.15) is 11.0 Å². The highest BCUT2D eigenvalue weighted by atomic mass is 32.1. The highest BCUT2D eigenvalue weighted by molar-refractivity contribution is 7.15. The van der Waals surface area contributed by atoms with Crippen LogP contribution in [-0.2, 0) is 0 Å². The molecule has 0 saturated carbocycles. The first-order valence-corrected chi connectivity index (χ1v) is 13.2. The first-order valence-electron chi connectivity index (χ1n) is 12.4. The highest BCUT2D eigenvalue weighted by Crippen LogP contribution is 2.34. The van der Waals surface area contributed by atoms with Gasteiger partial charge in [0.25, 0.3) is 0 Å². The molecule has 0 bridgehead atoms. The van der Waals surface area contributed by atoms with Crippen molar-refractivity contribution in [2.45, 2.75) is 34.6 Å². The van der Waals surface area contributed by atoms with Gasteiger partial charge in [0.2, 0.25) is 0 Å². The number of aromatic amines is 2. The van der Waals surface area contributed by atoms with Crippen LogP contribution in [0, 0.1) is 12.3 Å². The molecule has 0 unspecified atom stereocenters. The van der Waals surface area contributed by atoms with Crippen LogP contribution in [0.25, 0.3) is 49.6 Å². The second-order valence-electron chi connectivity index (χ2n) is 10.1. The van der Waals surface area contributed by atoms with E-state index in [4.69, 9.17) is 9.97 Å². The fourth-order valence-electron chi connectivity index (χ4n) is 4.01. The van der Waals surface area contributed by atoms with Gasteiger partial charge in [-0.05, 0) is 55.8 Å². The van der Waals surface area contributed by atoms with E-state index < -0.39 is 0 Å². The zero-order valence-electron chi connectivity index (χ0n) is 22.3. The number of imidazole rings is 1. The summed E-state index contributed by atoms with van der Waals surface area (Å²) < 4.78 is 0. The van der Waals surface area contributed by atoms with Crippen molar-refractivity contribution in [2.24, 2.45) is 5.41 Å². The Morgan fingerprint density at radius 3 is 2.55 bits per heavy atom. The average Bonchev–Trinajstić information content (AvgIpc) is 3.62. The Hall–Kier alpha value is -4.30. The molecule has 0 aliphatic heterocycles. The van der Waals surface area contributed by atoms with Crippen LogP contribution >= 0.6 is 11.3 Å². The molecular formula is C30H31N7S. The Bertz CT molecular complexity index is 1740. The van der Waals surface area contributed by atoms with Gasteiger partial charge in [-0.25, -0.2) is 9.97 Å². The molecule has 0 saturated heterocycles. The third kappa shape index (κ3) is 4.82. The Morgan fingerprint density at radius 2 is 1.87 bits per heavy atom. The molecule has 0 fully saturated rings. The number of nitrogens with one attached hydrogen (secondary N) is 3. The van der Waals surface area contributed by atoms with E-state index in [0.717, 1.165) is 55.2 Å². The number of thiophene rings is 1. The Morgan fingerprint density at radius 1 is 1.05 bits per heavy atom. The molecule has 192 valence electrons. The summed E-state index contributed by atoms with van der Waals surface area (Å²) in [5, 5.41) is 11.0. The van der Waals surface area contributed by atoms with E-state index in [0.29, 0.717) is 11.5 Å². The molecule has 5 heterocycles. The van der Waals surface area contributed by atoms with Gasteiger partial charge >= 0.3 is 0 Å². The quantitative estimate of drug-likeness (QED) is 0.192. The zero-order valence-corrected chi connectivity index (χ0v) is 23.1. The summed E-state index contributed by atoms with van der Waals surface area (Å²) in [5.41, 5.74) is 8.41. The molecule has 0 spiro atoms. The molecule has 38 heavy (non-hydrogen) atoms. The summed E-state index contributed by atoms with van der Waals surface area (Å²) in [5.74, 6) is 0.644. The van der Waals surface area contributed by atoms with E-state index in [9.17, 15) is 0 Å². The lowest BCUT2D eigenvalue weighted by molar-refractivity contribution is 0.478. The smallest absolute Gasteiger partial charge is 0.161 e. The summed E-state index contributed by atoms with van der Waals surface area (Å²) in [7, 11) is 0. The first kappa shape index (κ1) is 25.4. The van der Waals surface area contributed by atoms with E-state index >= 15 is 0 Å². The van der Waals surface area contributed by atoms with Crippen molar-refractivity contribution in [3.63, 3.8) is 0 Å². The molecule has 0 aromatic carbocycles. The maximum absolute atomic E-state index is 4.99. The summed E-state index contributed by atoms with van der Waals surface area (Å²) in [6, 6.07) is 8.19.